The van der Waals surface area contributed by atoms with E-state index in [4.69, 9.17) is 0 Å². The second-order valence-corrected chi connectivity index (χ2v) is 9.17. The van der Waals surface area contributed by atoms with Gasteiger partial charge in [0.2, 0.25) is 11.8 Å². The molecule has 3 saturated carbocycles. The monoisotopic (exact) mass is 331 g/mol. The highest BCUT2D eigenvalue weighted by atomic mass is 16.2. The van der Waals surface area contributed by atoms with Crippen LogP contribution in [0.4, 0.5) is 5.69 Å². The third-order valence-corrected chi connectivity index (χ3v) is 8.63. The fourth-order valence-corrected chi connectivity index (χ4v) is 7.87. The molecule has 6 aliphatic rings. The molecule has 2 amide bonds. The number of anilines is 1. The molecule has 1 spiro atoms. The number of para-hydroxylation sites is 1. The van der Waals surface area contributed by atoms with Gasteiger partial charge in [0.25, 0.3) is 0 Å². The van der Waals surface area contributed by atoms with Gasteiger partial charge in [0.05, 0.1) is 17.5 Å². The number of carbonyl (C=O) groups excluding carboxylic acids is 2. The van der Waals surface area contributed by atoms with E-state index in [0.29, 0.717) is 17.3 Å². The summed E-state index contributed by atoms with van der Waals surface area (Å²) in [4.78, 5) is 28.0. The molecule has 0 unspecified atom stereocenters. The maximum Gasteiger partial charge on any atom is 0.238 e. The number of hydrogen-bond donors (Lipinski definition) is 0. The molecule has 1 aromatic rings. The highest BCUT2D eigenvalue weighted by Crippen LogP contribution is 2.79. The van der Waals surface area contributed by atoms with Crippen molar-refractivity contribution in [2.75, 3.05) is 4.90 Å². The molecule has 4 bridgehead atoms. The lowest BCUT2D eigenvalue weighted by molar-refractivity contribution is -0.123. The first kappa shape index (κ1) is 13.3. The van der Waals surface area contributed by atoms with Gasteiger partial charge in [0, 0.05) is 0 Å². The van der Waals surface area contributed by atoms with Crippen LogP contribution in [0.2, 0.25) is 0 Å². The minimum atomic E-state index is -0.0633. The number of allylic oxidation sites excluding steroid dienone is 2. The fourth-order valence-electron chi connectivity index (χ4n) is 7.87. The van der Waals surface area contributed by atoms with Crippen LogP contribution in [-0.4, -0.2) is 11.8 Å². The molecule has 3 heteroatoms. The number of rotatable bonds is 1. The maximum atomic E-state index is 13.2. The Morgan fingerprint density at radius 2 is 1.40 bits per heavy atom. The Kier molecular flexibility index (Phi) is 2.09. The Balaban J connectivity index is 1.33. The molecule has 6 atom stereocenters. The Bertz CT molecular complexity index is 833. The Morgan fingerprint density at radius 3 is 1.92 bits per heavy atom. The van der Waals surface area contributed by atoms with Gasteiger partial charge in [0.15, 0.2) is 0 Å². The first-order valence-electron chi connectivity index (χ1n) is 9.89. The number of amides is 2. The molecule has 1 saturated heterocycles. The highest BCUT2D eigenvalue weighted by Gasteiger charge is 2.73. The molecular formula is C22H21NO2. The topological polar surface area (TPSA) is 37.4 Å². The number of benzene rings is 1. The van der Waals surface area contributed by atoms with E-state index in [-0.39, 0.29) is 23.7 Å². The van der Waals surface area contributed by atoms with E-state index < -0.39 is 0 Å². The molecule has 1 heterocycles. The summed E-state index contributed by atoms with van der Waals surface area (Å²) in [6.45, 7) is 0. The largest absolute Gasteiger partial charge is 0.274 e. The lowest BCUT2D eigenvalue weighted by atomic mass is 9.72. The summed E-state index contributed by atoms with van der Waals surface area (Å²) >= 11 is 0. The van der Waals surface area contributed by atoms with Crippen LogP contribution in [0.1, 0.15) is 32.1 Å². The second-order valence-electron chi connectivity index (χ2n) is 9.17. The van der Waals surface area contributed by atoms with Gasteiger partial charge >= 0.3 is 0 Å². The van der Waals surface area contributed by atoms with E-state index in [9.17, 15) is 9.59 Å². The SMILES string of the molecule is O=C1[C@@H]2[C@@H](C(=O)N1c1ccccc1)[C@H]1C[C@H]2C2=C1[C@H]1CC[C@H]2C12CC2. The molecule has 126 valence electrons. The van der Waals surface area contributed by atoms with E-state index in [1.165, 1.54) is 30.6 Å². The van der Waals surface area contributed by atoms with E-state index in [1.807, 2.05) is 30.3 Å². The minimum Gasteiger partial charge on any atom is -0.274 e. The number of fused-ring (bicyclic) bond motifs is 9. The van der Waals surface area contributed by atoms with E-state index in [2.05, 4.69) is 0 Å². The summed E-state index contributed by atoms with van der Waals surface area (Å²) in [7, 11) is 0. The van der Waals surface area contributed by atoms with Crippen molar-refractivity contribution in [3.63, 3.8) is 0 Å². The average Bonchev–Trinajstić information content (AvgIpc) is 2.88. The standard InChI is InChI=1S/C22H21NO2/c24-20-18-12-10-13(17-15-7-6-14(16(12)17)22(15)8-9-22)19(18)21(25)23(20)11-4-2-1-3-5-11/h1-5,12-15,18-19H,6-10H2/t12-,13-,14+,15+,18-,19-/m0/s1. The quantitative estimate of drug-likeness (QED) is 0.583. The molecule has 1 aromatic carbocycles. The predicted octanol–water partition coefficient (Wildman–Crippen LogP) is 3.56. The summed E-state index contributed by atoms with van der Waals surface area (Å²) in [6.07, 6.45) is 6.55. The number of nitrogens with zero attached hydrogens (tertiary/aromatic N) is 1. The van der Waals surface area contributed by atoms with E-state index >= 15 is 0 Å². The van der Waals surface area contributed by atoms with Crippen molar-refractivity contribution in [2.45, 2.75) is 32.1 Å². The molecule has 1 aliphatic heterocycles. The minimum absolute atomic E-state index is 0.0633. The van der Waals surface area contributed by atoms with Crippen LogP contribution in [0.5, 0.6) is 0 Å². The first-order valence-corrected chi connectivity index (χ1v) is 9.89. The van der Waals surface area contributed by atoms with E-state index in [1.54, 1.807) is 11.1 Å². The van der Waals surface area contributed by atoms with Gasteiger partial charge in [-0.05, 0) is 73.3 Å². The third kappa shape index (κ3) is 1.26. The number of imide groups is 1. The second kappa shape index (κ2) is 3.92. The Hall–Kier alpha value is -1.90. The van der Waals surface area contributed by atoms with Gasteiger partial charge in [-0.1, -0.05) is 29.3 Å². The van der Waals surface area contributed by atoms with Crippen LogP contribution in [0, 0.1) is 40.9 Å². The molecular weight excluding hydrogens is 310 g/mol. The molecule has 0 aromatic heterocycles. The molecule has 4 fully saturated rings. The van der Waals surface area contributed by atoms with Crippen molar-refractivity contribution in [1.82, 2.24) is 0 Å². The number of hydrogen-bond acceptors (Lipinski definition) is 2. The third-order valence-electron chi connectivity index (χ3n) is 8.63. The van der Waals surface area contributed by atoms with Crippen LogP contribution in [0.25, 0.3) is 0 Å². The predicted molar refractivity (Wildman–Crippen MR) is 92.4 cm³/mol. The fraction of sp³-hybridized carbons (Fsp3) is 0.545. The van der Waals surface area contributed by atoms with Crippen molar-refractivity contribution in [3.05, 3.63) is 41.5 Å². The van der Waals surface area contributed by atoms with Crippen LogP contribution >= 0.6 is 0 Å². The lowest BCUT2D eigenvalue weighted by Crippen LogP contribution is -2.33. The van der Waals surface area contributed by atoms with Crippen LogP contribution in [-0.2, 0) is 9.59 Å². The van der Waals surface area contributed by atoms with Gasteiger partial charge in [-0.15, -0.1) is 0 Å². The summed E-state index contributed by atoms with van der Waals surface area (Å²) in [5.41, 5.74) is 4.70. The first-order chi connectivity index (χ1) is 12.2. The van der Waals surface area contributed by atoms with Gasteiger partial charge in [-0.25, -0.2) is 0 Å². The molecule has 25 heavy (non-hydrogen) atoms. The smallest absolute Gasteiger partial charge is 0.238 e. The van der Waals surface area contributed by atoms with Gasteiger partial charge in [-0.3, -0.25) is 14.5 Å². The summed E-state index contributed by atoms with van der Waals surface area (Å²) in [5, 5.41) is 0. The highest BCUT2D eigenvalue weighted by molar-refractivity contribution is 6.23. The zero-order valence-corrected chi connectivity index (χ0v) is 14.2. The zero-order chi connectivity index (χ0) is 16.5. The number of carbonyl (C=O) groups is 2. The van der Waals surface area contributed by atoms with Gasteiger partial charge in [-0.2, -0.15) is 0 Å². The van der Waals surface area contributed by atoms with Crippen molar-refractivity contribution in [1.29, 1.82) is 0 Å². The van der Waals surface area contributed by atoms with Gasteiger partial charge < -0.3 is 0 Å². The van der Waals surface area contributed by atoms with Crippen molar-refractivity contribution < 1.29 is 9.59 Å². The zero-order valence-electron chi connectivity index (χ0n) is 14.2. The van der Waals surface area contributed by atoms with Crippen LogP contribution < -0.4 is 4.90 Å². The summed E-state index contributed by atoms with van der Waals surface area (Å²) < 4.78 is 0. The van der Waals surface area contributed by atoms with Crippen LogP contribution in [0.3, 0.4) is 0 Å². The van der Waals surface area contributed by atoms with Crippen LogP contribution in [0.15, 0.2) is 41.5 Å². The molecule has 0 N–H and O–H groups in total. The molecule has 3 nitrogen and oxygen atoms in total. The summed E-state index contributed by atoms with van der Waals surface area (Å²) in [6, 6.07) is 9.54. The molecule has 7 rings (SSSR count). The molecule has 5 aliphatic carbocycles. The molecule has 0 radical (unpaired) electrons. The van der Waals surface area contributed by atoms with Crippen molar-refractivity contribution in [2.24, 2.45) is 40.9 Å². The van der Waals surface area contributed by atoms with Crippen molar-refractivity contribution in [3.8, 4) is 0 Å². The lowest BCUT2D eigenvalue weighted by Gasteiger charge is -2.29. The average molecular weight is 331 g/mol. The summed E-state index contributed by atoms with van der Waals surface area (Å²) in [5.74, 6) is 2.30. The van der Waals surface area contributed by atoms with Crippen molar-refractivity contribution >= 4 is 17.5 Å². The maximum absolute atomic E-state index is 13.2. The normalized spacial score (nSPS) is 44.2. The Morgan fingerprint density at radius 1 is 0.840 bits per heavy atom. The van der Waals surface area contributed by atoms with E-state index in [0.717, 1.165) is 23.9 Å². The Labute approximate surface area is 147 Å². The van der Waals surface area contributed by atoms with Gasteiger partial charge in [0.1, 0.15) is 0 Å².